The molecule has 3 aromatic rings. The van der Waals surface area contributed by atoms with Crippen molar-refractivity contribution in [3.05, 3.63) is 35.3 Å². The summed E-state index contributed by atoms with van der Waals surface area (Å²) in [5, 5.41) is 5.25. The molecule has 0 bridgehead atoms. The van der Waals surface area contributed by atoms with Gasteiger partial charge in [-0.1, -0.05) is 0 Å². The number of nitrogens with zero attached hydrogens (tertiary/aromatic N) is 2. The Balaban J connectivity index is 2.70. The summed E-state index contributed by atoms with van der Waals surface area (Å²) in [4.78, 5) is 0. The SMILES string of the molecule is Brc1cnn2ccc3ccoc3c12. The van der Waals surface area contributed by atoms with Crippen molar-refractivity contribution in [2.45, 2.75) is 0 Å². The van der Waals surface area contributed by atoms with Crippen LogP contribution in [0.3, 0.4) is 0 Å². The Bertz CT molecular complexity index is 581. The monoisotopic (exact) mass is 236 g/mol. The fourth-order valence-corrected chi connectivity index (χ4v) is 1.91. The van der Waals surface area contributed by atoms with Crippen LogP contribution in [-0.4, -0.2) is 9.61 Å². The zero-order valence-corrected chi connectivity index (χ0v) is 8.15. The van der Waals surface area contributed by atoms with Crippen LogP contribution < -0.4 is 0 Å². The van der Waals surface area contributed by atoms with E-state index in [4.69, 9.17) is 4.42 Å². The normalized spacial score (nSPS) is 11.5. The molecule has 0 unspecified atom stereocenters. The smallest absolute Gasteiger partial charge is 0.160 e. The van der Waals surface area contributed by atoms with Gasteiger partial charge in [-0.25, -0.2) is 4.52 Å². The van der Waals surface area contributed by atoms with Crippen LogP contribution in [-0.2, 0) is 0 Å². The van der Waals surface area contributed by atoms with E-state index in [1.807, 2.05) is 18.3 Å². The predicted molar refractivity (Wildman–Crippen MR) is 52.7 cm³/mol. The molecule has 0 amide bonds. The van der Waals surface area contributed by atoms with E-state index in [2.05, 4.69) is 21.0 Å². The predicted octanol–water partition coefficient (Wildman–Crippen LogP) is 2.84. The average molecular weight is 237 g/mol. The largest absolute Gasteiger partial charge is 0.462 e. The molecule has 3 heterocycles. The zero-order chi connectivity index (χ0) is 8.84. The molecule has 0 fully saturated rings. The summed E-state index contributed by atoms with van der Waals surface area (Å²) in [6, 6.07) is 3.92. The van der Waals surface area contributed by atoms with Crippen LogP contribution in [0.1, 0.15) is 0 Å². The van der Waals surface area contributed by atoms with Gasteiger partial charge in [0, 0.05) is 11.6 Å². The van der Waals surface area contributed by atoms with Crippen molar-refractivity contribution in [1.82, 2.24) is 9.61 Å². The molecule has 0 aromatic carbocycles. The highest BCUT2D eigenvalue weighted by atomic mass is 79.9. The van der Waals surface area contributed by atoms with Crippen LogP contribution in [0.25, 0.3) is 16.5 Å². The molecule has 0 spiro atoms. The molecule has 0 aliphatic rings. The van der Waals surface area contributed by atoms with Gasteiger partial charge in [-0.15, -0.1) is 0 Å². The number of hydrogen-bond acceptors (Lipinski definition) is 2. The van der Waals surface area contributed by atoms with Gasteiger partial charge >= 0.3 is 0 Å². The lowest BCUT2D eigenvalue weighted by Crippen LogP contribution is -1.84. The molecule has 3 aromatic heterocycles. The van der Waals surface area contributed by atoms with Crippen molar-refractivity contribution in [2.24, 2.45) is 0 Å². The summed E-state index contributed by atoms with van der Waals surface area (Å²) in [7, 11) is 0. The van der Waals surface area contributed by atoms with Crippen LogP contribution in [0, 0.1) is 0 Å². The van der Waals surface area contributed by atoms with Crippen LogP contribution in [0.15, 0.2) is 39.7 Å². The minimum Gasteiger partial charge on any atom is -0.462 e. The lowest BCUT2D eigenvalue weighted by molar-refractivity contribution is 0.617. The van der Waals surface area contributed by atoms with Crippen molar-refractivity contribution in [1.29, 1.82) is 0 Å². The minimum atomic E-state index is 0.867. The maximum atomic E-state index is 5.38. The maximum Gasteiger partial charge on any atom is 0.160 e. The highest BCUT2D eigenvalue weighted by Crippen LogP contribution is 2.26. The Hall–Kier alpha value is -1.29. The third-order valence-electron chi connectivity index (χ3n) is 2.06. The number of fused-ring (bicyclic) bond motifs is 3. The van der Waals surface area contributed by atoms with Gasteiger partial charge in [-0.05, 0) is 28.1 Å². The zero-order valence-electron chi connectivity index (χ0n) is 6.57. The van der Waals surface area contributed by atoms with Gasteiger partial charge in [0.2, 0.25) is 0 Å². The summed E-state index contributed by atoms with van der Waals surface area (Å²) >= 11 is 3.43. The van der Waals surface area contributed by atoms with E-state index in [1.54, 1.807) is 17.0 Å². The molecule has 3 rings (SSSR count). The first-order valence-corrected chi connectivity index (χ1v) is 4.64. The lowest BCUT2D eigenvalue weighted by atomic mass is 10.3. The van der Waals surface area contributed by atoms with Gasteiger partial charge in [-0.3, -0.25) is 0 Å². The maximum absolute atomic E-state index is 5.38. The van der Waals surface area contributed by atoms with Gasteiger partial charge in [-0.2, -0.15) is 5.10 Å². The number of furan rings is 1. The highest BCUT2D eigenvalue weighted by Gasteiger charge is 2.07. The molecule has 0 N–H and O–H groups in total. The topological polar surface area (TPSA) is 30.4 Å². The van der Waals surface area contributed by atoms with Gasteiger partial charge < -0.3 is 4.42 Å². The molecule has 3 nitrogen and oxygen atoms in total. The molecular formula is C9H5BrN2O. The van der Waals surface area contributed by atoms with Crippen LogP contribution in [0.4, 0.5) is 0 Å². The van der Waals surface area contributed by atoms with Crippen LogP contribution in [0.2, 0.25) is 0 Å². The van der Waals surface area contributed by atoms with E-state index in [-0.39, 0.29) is 0 Å². The summed E-state index contributed by atoms with van der Waals surface area (Å²) < 4.78 is 8.12. The molecule has 0 saturated carbocycles. The van der Waals surface area contributed by atoms with E-state index in [1.165, 1.54) is 0 Å². The average Bonchev–Trinajstić information content (AvgIpc) is 2.70. The van der Waals surface area contributed by atoms with E-state index in [0.29, 0.717) is 0 Å². The Morgan fingerprint density at radius 2 is 2.31 bits per heavy atom. The van der Waals surface area contributed by atoms with Crippen molar-refractivity contribution < 1.29 is 4.42 Å². The number of pyridine rings is 1. The fourth-order valence-electron chi connectivity index (χ4n) is 1.46. The third kappa shape index (κ3) is 0.862. The van der Waals surface area contributed by atoms with Crippen molar-refractivity contribution in [2.75, 3.05) is 0 Å². The lowest BCUT2D eigenvalue weighted by Gasteiger charge is -1.93. The van der Waals surface area contributed by atoms with Crippen molar-refractivity contribution in [3.63, 3.8) is 0 Å². The summed E-state index contributed by atoms with van der Waals surface area (Å²) in [6.07, 6.45) is 5.36. The summed E-state index contributed by atoms with van der Waals surface area (Å²) in [5.74, 6) is 0. The van der Waals surface area contributed by atoms with E-state index >= 15 is 0 Å². The fraction of sp³-hybridized carbons (Fsp3) is 0. The van der Waals surface area contributed by atoms with E-state index in [9.17, 15) is 0 Å². The molecule has 0 saturated heterocycles. The van der Waals surface area contributed by atoms with E-state index in [0.717, 1.165) is 21.0 Å². The Labute approximate surface area is 82.1 Å². The van der Waals surface area contributed by atoms with Crippen LogP contribution in [0.5, 0.6) is 0 Å². The number of aromatic nitrogens is 2. The molecular weight excluding hydrogens is 232 g/mol. The minimum absolute atomic E-state index is 0.867. The third-order valence-corrected chi connectivity index (χ3v) is 2.64. The quantitative estimate of drug-likeness (QED) is 0.601. The molecule has 4 heteroatoms. The molecule has 0 radical (unpaired) electrons. The second kappa shape index (κ2) is 2.35. The Morgan fingerprint density at radius 3 is 3.23 bits per heavy atom. The molecule has 64 valence electrons. The summed E-state index contributed by atoms with van der Waals surface area (Å²) in [5.41, 5.74) is 1.84. The Morgan fingerprint density at radius 1 is 1.38 bits per heavy atom. The number of hydrogen-bond donors (Lipinski definition) is 0. The number of rotatable bonds is 0. The van der Waals surface area contributed by atoms with Crippen LogP contribution >= 0.6 is 15.9 Å². The molecule has 0 aliphatic heterocycles. The van der Waals surface area contributed by atoms with Gasteiger partial charge in [0.15, 0.2) is 5.58 Å². The first kappa shape index (κ1) is 7.15. The second-order valence-electron chi connectivity index (χ2n) is 2.81. The standard InChI is InChI=1S/C9H5BrN2O/c10-7-5-11-12-3-1-6-2-4-13-9(6)8(7)12/h1-5H. The summed E-state index contributed by atoms with van der Waals surface area (Å²) in [6.45, 7) is 0. The van der Waals surface area contributed by atoms with Crippen molar-refractivity contribution >= 4 is 32.4 Å². The van der Waals surface area contributed by atoms with Gasteiger partial charge in [0.05, 0.1) is 16.9 Å². The first-order valence-electron chi connectivity index (χ1n) is 3.85. The molecule has 0 aliphatic carbocycles. The number of halogens is 1. The second-order valence-corrected chi connectivity index (χ2v) is 3.66. The van der Waals surface area contributed by atoms with E-state index < -0.39 is 0 Å². The first-order chi connectivity index (χ1) is 6.36. The van der Waals surface area contributed by atoms with Gasteiger partial charge in [0.25, 0.3) is 0 Å². The van der Waals surface area contributed by atoms with Crippen molar-refractivity contribution in [3.8, 4) is 0 Å². The molecule has 0 atom stereocenters. The molecule has 13 heavy (non-hydrogen) atoms. The van der Waals surface area contributed by atoms with Gasteiger partial charge in [0.1, 0.15) is 5.52 Å². The highest BCUT2D eigenvalue weighted by molar-refractivity contribution is 9.10. The Kier molecular flexibility index (Phi) is 1.29.